The molecule has 1 N–H and O–H groups in total. The lowest BCUT2D eigenvalue weighted by molar-refractivity contribution is -0.146. The van der Waals surface area contributed by atoms with Gasteiger partial charge in [-0.2, -0.15) is 0 Å². The van der Waals surface area contributed by atoms with E-state index in [-0.39, 0.29) is 11.8 Å². The van der Waals surface area contributed by atoms with E-state index in [4.69, 9.17) is 4.74 Å². The summed E-state index contributed by atoms with van der Waals surface area (Å²) in [5.41, 5.74) is 3.34. The number of hydrogen-bond donors (Lipinski definition) is 1. The molecular weight excluding hydrogens is 416 g/mol. The van der Waals surface area contributed by atoms with Crippen molar-refractivity contribution in [3.63, 3.8) is 0 Å². The number of ether oxygens (including phenoxy) is 1. The van der Waals surface area contributed by atoms with E-state index < -0.39 is 5.97 Å². The molecule has 7 heteroatoms. The molecule has 0 radical (unpaired) electrons. The van der Waals surface area contributed by atoms with Crippen LogP contribution in [-0.2, 0) is 17.6 Å². The zero-order valence-corrected chi connectivity index (χ0v) is 19.2. The van der Waals surface area contributed by atoms with E-state index in [2.05, 4.69) is 25.9 Å². The van der Waals surface area contributed by atoms with Crippen molar-refractivity contribution >= 4 is 16.9 Å². The van der Waals surface area contributed by atoms with Crippen molar-refractivity contribution in [1.29, 1.82) is 0 Å². The van der Waals surface area contributed by atoms with Gasteiger partial charge in [0.05, 0.1) is 18.5 Å². The van der Waals surface area contributed by atoms with Gasteiger partial charge in [-0.15, -0.1) is 0 Å². The molecule has 0 aliphatic carbocycles. The van der Waals surface area contributed by atoms with Crippen LogP contribution in [0.15, 0.2) is 49.2 Å². The summed E-state index contributed by atoms with van der Waals surface area (Å²) in [7, 11) is 1.67. The molecule has 1 aromatic carbocycles. The molecule has 0 spiro atoms. The van der Waals surface area contributed by atoms with Gasteiger partial charge in [-0.25, -0.2) is 9.97 Å². The number of likely N-dealkylation sites (tertiary alicyclic amines) is 1. The lowest BCUT2D eigenvalue weighted by Crippen LogP contribution is -2.44. The molecule has 0 unspecified atom stereocenters. The SMILES string of the molecule is COc1ccc2nccc(CCC[C@@H]3CCN(CCCc4cncnc4)C[C@@H]3C(=O)O)c2c1. The Morgan fingerprint density at radius 2 is 2.03 bits per heavy atom. The minimum absolute atomic E-state index is 0.226. The van der Waals surface area contributed by atoms with E-state index in [0.717, 1.165) is 73.8 Å². The molecule has 3 heterocycles. The summed E-state index contributed by atoms with van der Waals surface area (Å²) in [6.45, 7) is 2.52. The van der Waals surface area contributed by atoms with Crippen LogP contribution in [0.3, 0.4) is 0 Å². The molecule has 0 saturated carbocycles. The largest absolute Gasteiger partial charge is 0.497 e. The van der Waals surface area contributed by atoms with Crippen LogP contribution in [-0.4, -0.2) is 57.7 Å². The maximum absolute atomic E-state index is 12.0. The van der Waals surface area contributed by atoms with Gasteiger partial charge < -0.3 is 14.7 Å². The Morgan fingerprint density at radius 3 is 2.82 bits per heavy atom. The number of benzene rings is 1. The number of aryl methyl sites for hydroxylation is 2. The van der Waals surface area contributed by atoms with Gasteiger partial charge in [0.25, 0.3) is 0 Å². The van der Waals surface area contributed by atoms with Gasteiger partial charge in [0.2, 0.25) is 0 Å². The summed E-state index contributed by atoms with van der Waals surface area (Å²) in [5.74, 6) is 0.0899. The van der Waals surface area contributed by atoms with Crippen LogP contribution in [0.5, 0.6) is 5.75 Å². The van der Waals surface area contributed by atoms with Crippen molar-refractivity contribution < 1.29 is 14.6 Å². The molecule has 0 bridgehead atoms. The first-order chi connectivity index (χ1) is 16.1. The highest BCUT2D eigenvalue weighted by atomic mass is 16.5. The fourth-order valence-electron chi connectivity index (χ4n) is 4.94. The third-order valence-electron chi connectivity index (χ3n) is 6.77. The number of pyridine rings is 1. The maximum Gasteiger partial charge on any atom is 0.308 e. The Labute approximate surface area is 194 Å². The Bertz CT molecular complexity index is 1060. The van der Waals surface area contributed by atoms with Crippen LogP contribution in [0.25, 0.3) is 10.9 Å². The highest BCUT2D eigenvalue weighted by molar-refractivity contribution is 5.83. The topological polar surface area (TPSA) is 88.4 Å². The van der Waals surface area contributed by atoms with E-state index in [1.807, 2.05) is 36.8 Å². The zero-order valence-electron chi connectivity index (χ0n) is 19.2. The van der Waals surface area contributed by atoms with Gasteiger partial charge in [-0.1, -0.05) is 0 Å². The molecule has 4 rings (SSSR count). The molecule has 2 aromatic heterocycles. The van der Waals surface area contributed by atoms with Gasteiger partial charge >= 0.3 is 5.97 Å². The van der Waals surface area contributed by atoms with E-state index in [1.54, 1.807) is 13.4 Å². The number of carbonyl (C=O) groups is 1. The lowest BCUT2D eigenvalue weighted by Gasteiger charge is -2.36. The number of nitrogens with zero attached hydrogens (tertiary/aromatic N) is 4. The Kier molecular flexibility index (Phi) is 7.83. The number of carboxylic acids is 1. The number of aromatic nitrogens is 3. The molecule has 174 valence electrons. The molecule has 1 fully saturated rings. The summed E-state index contributed by atoms with van der Waals surface area (Å²) in [6, 6.07) is 8.02. The van der Waals surface area contributed by atoms with Crippen molar-refractivity contribution in [2.45, 2.75) is 38.5 Å². The van der Waals surface area contributed by atoms with Crippen molar-refractivity contribution in [2.75, 3.05) is 26.7 Å². The van der Waals surface area contributed by atoms with Gasteiger partial charge in [0, 0.05) is 30.5 Å². The molecule has 1 aliphatic heterocycles. The first kappa shape index (κ1) is 23.1. The van der Waals surface area contributed by atoms with Crippen molar-refractivity contribution in [3.8, 4) is 5.75 Å². The first-order valence-electron chi connectivity index (χ1n) is 11.7. The second kappa shape index (κ2) is 11.2. The Morgan fingerprint density at radius 1 is 1.18 bits per heavy atom. The third kappa shape index (κ3) is 6.05. The van der Waals surface area contributed by atoms with E-state index in [0.29, 0.717) is 6.54 Å². The number of rotatable bonds is 10. The van der Waals surface area contributed by atoms with Crippen LogP contribution in [0.1, 0.15) is 36.8 Å². The fourth-order valence-corrected chi connectivity index (χ4v) is 4.94. The smallest absolute Gasteiger partial charge is 0.308 e. The zero-order chi connectivity index (χ0) is 23.0. The number of aliphatic carboxylic acids is 1. The monoisotopic (exact) mass is 448 g/mol. The van der Waals surface area contributed by atoms with Gasteiger partial charge in [0.15, 0.2) is 0 Å². The number of fused-ring (bicyclic) bond motifs is 1. The third-order valence-corrected chi connectivity index (χ3v) is 6.77. The fraction of sp³-hybridized carbons (Fsp3) is 0.462. The van der Waals surface area contributed by atoms with E-state index >= 15 is 0 Å². The molecule has 1 saturated heterocycles. The van der Waals surface area contributed by atoms with Crippen LogP contribution < -0.4 is 4.74 Å². The van der Waals surface area contributed by atoms with Crippen molar-refractivity contribution in [2.24, 2.45) is 11.8 Å². The number of carboxylic acid groups (broad SMARTS) is 1. The Hall–Kier alpha value is -3.06. The second-order valence-electron chi connectivity index (χ2n) is 8.89. The predicted octanol–water partition coefficient (Wildman–Crippen LogP) is 4.01. The summed E-state index contributed by atoms with van der Waals surface area (Å²) >= 11 is 0. The van der Waals surface area contributed by atoms with E-state index in [1.165, 1.54) is 5.56 Å². The van der Waals surface area contributed by atoms with Crippen LogP contribution in [0.2, 0.25) is 0 Å². The quantitative estimate of drug-likeness (QED) is 0.501. The predicted molar refractivity (Wildman–Crippen MR) is 127 cm³/mol. The average Bonchev–Trinajstić information content (AvgIpc) is 2.85. The minimum atomic E-state index is -0.666. The maximum atomic E-state index is 12.0. The Balaban J connectivity index is 1.29. The molecule has 7 nitrogen and oxygen atoms in total. The van der Waals surface area contributed by atoms with Crippen LogP contribution in [0.4, 0.5) is 0 Å². The molecule has 1 aliphatic rings. The highest BCUT2D eigenvalue weighted by Gasteiger charge is 2.33. The summed E-state index contributed by atoms with van der Waals surface area (Å²) in [5, 5.41) is 11.0. The van der Waals surface area contributed by atoms with Crippen LogP contribution >= 0.6 is 0 Å². The normalized spacial score (nSPS) is 18.9. The highest BCUT2D eigenvalue weighted by Crippen LogP contribution is 2.30. The van der Waals surface area contributed by atoms with Crippen LogP contribution in [0, 0.1) is 11.8 Å². The molecule has 0 amide bonds. The number of methoxy groups -OCH3 is 1. The average molecular weight is 449 g/mol. The molecule has 2 atom stereocenters. The molecule has 33 heavy (non-hydrogen) atoms. The van der Waals surface area contributed by atoms with Crippen molar-refractivity contribution in [1.82, 2.24) is 19.9 Å². The first-order valence-corrected chi connectivity index (χ1v) is 11.7. The minimum Gasteiger partial charge on any atom is -0.497 e. The number of piperidine rings is 1. The van der Waals surface area contributed by atoms with Crippen molar-refractivity contribution in [3.05, 3.63) is 60.3 Å². The lowest BCUT2D eigenvalue weighted by atomic mass is 9.81. The van der Waals surface area contributed by atoms with Gasteiger partial charge in [-0.3, -0.25) is 9.78 Å². The van der Waals surface area contributed by atoms with Gasteiger partial charge in [-0.05, 0) is 92.9 Å². The summed E-state index contributed by atoms with van der Waals surface area (Å²) < 4.78 is 5.38. The molecular formula is C26H32N4O3. The second-order valence-corrected chi connectivity index (χ2v) is 8.89. The standard InChI is InChI=1S/C26H32N4O3/c1-33-22-7-8-25-23(14-22)20(9-11-29-25)5-2-6-21-10-13-30(17-24(21)26(31)32)12-3-4-19-15-27-18-28-16-19/h7-9,11,14-16,18,21,24H,2-6,10,12-13,17H2,1H3,(H,31,32)/t21-,24+/m1/s1. The summed E-state index contributed by atoms with van der Waals surface area (Å²) in [6.07, 6.45) is 12.8. The summed E-state index contributed by atoms with van der Waals surface area (Å²) in [4.78, 5) is 26.9. The van der Waals surface area contributed by atoms with Gasteiger partial charge in [0.1, 0.15) is 12.1 Å². The van der Waals surface area contributed by atoms with E-state index in [9.17, 15) is 9.90 Å². The number of hydrogen-bond acceptors (Lipinski definition) is 6. The molecule has 3 aromatic rings.